The van der Waals surface area contributed by atoms with Gasteiger partial charge in [0.1, 0.15) is 6.10 Å². The molecule has 0 aliphatic carbocycles. The summed E-state index contributed by atoms with van der Waals surface area (Å²) < 4.78 is 0. The fourth-order valence-electron chi connectivity index (χ4n) is 1.25. The van der Waals surface area contributed by atoms with Gasteiger partial charge in [-0.15, -0.1) is 0 Å². The van der Waals surface area contributed by atoms with Crippen molar-refractivity contribution in [3.8, 4) is 6.07 Å². The predicted molar refractivity (Wildman–Crippen MR) is 52.4 cm³/mol. The van der Waals surface area contributed by atoms with Gasteiger partial charge in [0.05, 0.1) is 18.6 Å². The smallest absolute Gasteiger partial charge is 0.354 e. The van der Waals surface area contributed by atoms with E-state index in [0.717, 1.165) is 0 Å². The van der Waals surface area contributed by atoms with E-state index in [1.165, 1.54) is 18.3 Å². The van der Waals surface area contributed by atoms with Gasteiger partial charge in [-0.3, -0.25) is 0 Å². The third-order valence-corrected chi connectivity index (χ3v) is 2.03. The number of aliphatic hydroxyl groups excluding tert-OH is 2. The quantitative estimate of drug-likeness (QED) is 0.665. The minimum atomic E-state index is -1.43. The molecule has 0 aliphatic heterocycles. The van der Waals surface area contributed by atoms with Gasteiger partial charge in [-0.1, -0.05) is 6.07 Å². The van der Waals surface area contributed by atoms with Gasteiger partial charge in [-0.05, 0) is 6.07 Å². The van der Waals surface area contributed by atoms with Crippen LogP contribution in [0.4, 0.5) is 0 Å². The molecule has 84 valence electrons. The molecule has 0 aliphatic rings. The lowest BCUT2D eigenvalue weighted by molar-refractivity contribution is 0.0202. The minimum absolute atomic E-state index is 0.00208. The van der Waals surface area contributed by atoms with Crippen molar-refractivity contribution in [1.29, 1.82) is 5.26 Å². The van der Waals surface area contributed by atoms with Crippen molar-refractivity contribution >= 4 is 5.97 Å². The molecule has 2 unspecified atom stereocenters. The molecule has 0 radical (unpaired) electrons. The molecule has 0 aromatic carbocycles. The van der Waals surface area contributed by atoms with Gasteiger partial charge in [0.15, 0.2) is 5.69 Å². The van der Waals surface area contributed by atoms with Crippen LogP contribution in [0.1, 0.15) is 28.6 Å². The lowest BCUT2D eigenvalue weighted by atomic mass is 10.0. The van der Waals surface area contributed by atoms with Crippen LogP contribution in [0.25, 0.3) is 0 Å². The minimum Gasteiger partial charge on any atom is -0.477 e. The van der Waals surface area contributed by atoms with Gasteiger partial charge in [-0.25, -0.2) is 9.78 Å². The summed E-state index contributed by atoms with van der Waals surface area (Å²) in [5.41, 5.74) is -0.329. The zero-order valence-corrected chi connectivity index (χ0v) is 8.24. The van der Waals surface area contributed by atoms with Crippen molar-refractivity contribution in [2.45, 2.75) is 18.6 Å². The molecule has 16 heavy (non-hydrogen) atoms. The van der Waals surface area contributed by atoms with Crippen LogP contribution in [0.5, 0.6) is 0 Å². The number of carboxylic acid groups (broad SMARTS) is 1. The highest BCUT2D eigenvalue weighted by Gasteiger charge is 2.23. The molecule has 6 nitrogen and oxygen atoms in total. The van der Waals surface area contributed by atoms with E-state index in [9.17, 15) is 15.0 Å². The van der Waals surface area contributed by atoms with Crippen LogP contribution in [-0.4, -0.2) is 32.4 Å². The van der Waals surface area contributed by atoms with Crippen molar-refractivity contribution in [2.24, 2.45) is 0 Å². The third-order valence-electron chi connectivity index (χ3n) is 2.03. The van der Waals surface area contributed by atoms with Gasteiger partial charge < -0.3 is 15.3 Å². The van der Waals surface area contributed by atoms with Crippen LogP contribution in [0, 0.1) is 11.3 Å². The number of pyridine rings is 1. The summed E-state index contributed by atoms with van der Waals surface area (Å²) in [5, 5.41) is 36.2. The third kappa shape index (κ3) is 2.53. The Hall–Kier alpha value is -1.97. The van der Waals surface area contributed by atoms with E-state index in [1.54, 1.807) is 6.07 Å². The standard InChI is InChI=1S/C10H10N2O4/c11-4-3-7(13)9(14)6-2-1-5-12-8(6)10(15)16/h1-2,5,7,9,13-14H,3H2,(H,15,16). The first kappa shape index (κ1) is 12.1. The average molecular weight is 222 g/mol. The monoisotopic (exact) mass is 222 g/mol. The van der Waals surface area contributed by atoms with Crippen molar-refractivity contribution in [2.75, 3.05) is 0 Å². The molecular weight excluding hydrogens is 212 g/mol. The molecule has 0 saturated carbocycles. The van der Waals surface area contributed by atoms with Crippen LogP contribution in [-0.2, 0) is 0 Å². The van der Waals surface area contributed by atoms with Crippen LogP contribution in [0.15, 0.2) is 18.3 Å². The summed E-state index contributed by atoms with van der Waals surface area (Å²) >= 11 is 0. The zero-order valence-electron chi connectivity index (χ0n) is 8.24. The highest BCUT2D eigenvalue weighted by Crippen LogP contribution is 2.21. The normalized spacial score (nSPS) is 13.8. The SMILES string of the molecule is N#CCC(O)C(O)c1cccnc1C(=O)O. The number of nitrogens with zero attached hydrogens (tertiary/aromatic N) is 2. The first-order chi connectivity index (χ1) is 7.57. The Morgan fingerprint density at radius 3 is 2.81 bits per heavy atom. The summed E-state index contributed by atoms with van der Waals surface area (Å²) in [6.07, 6.45) is -1.77. The van der Waals surface area contributed by atoms with E-state index in [4.69, 9.17) is 10.4 Å². The maximum absolute atomic E-state index is 10.8. The first-order valence-corrected chi connectivity index (χ1v) is 4.49. The molecule has 1 heterocycles. The van der Waals surface area contributed by atoms with Gasteiger partial charge in [0, 0.05) is 11.8 Å². The summed E-state index contributed by atoms with van der Waals surface area (Å²) in [7, 11) is 0. The highest BCUT2D eigenvalue weighted by atomic mass is 16.4. The number of hydrogen-bond donors (Lipinski definition) is 3. The Balaban J connectivity index is 3.04. The maximum atomic E-state index is 10.8. The van der Waals surface area contributed by atoms with Gasteiger partial charge >= 0.3 is 5.97 Å². The fourth-order valence-corrected chi connectivity index (χ4v) is 1.25. The van der Waals surface area contributed by atoms with E-state index in [2.05, 4.69) is 4.98 Å². The molecule has 1 aromatic heterocycles. The van der Waals surface area contributed by atoms with Gasteiger partial charge in [0.2, 0.25) is 0 Å². The predicted octanol–water partition coefficient (Wildman–Crippen LogP) is 0.0878. The van der Waals surface area contributed by atoms with E-state index in [0.29, 0.717) is 0 Å². The van der Waals surface area contributed by atoms with Crippen molar-refractivity contribution in [1.82, 2.24) is 4.98 Å². The molecule has 0 amide bonds. The summed E-state index contributed by atoms with van der Waals surface area (Å²) in [6.45, 7) is 0. The second-order valence-electron chi connectivity index (χ2n) is 3.12. The molecule has 0 fully saturated rings. The zero-order chi connectivity index (χ0) is 12.1. The number of carbonyl (C=O) groups is 1. The van der Waals surface area contributed by atoms with Gasteiger partial charge in [-0.2, -0.15) is 5.26 Å². The Kier molecular flexibility index (Phi) is 3.94. The highest BCUT2D eigenvalue weighted by molar-refractivity contribution is 5.87. The molecule has 6 heteroatoms. The number of nitriles is 1. The summed E-state index contributed by atoms with van der Waals surface area (Å²) in [6, 6.07) is 4.49. The van der Waals surface area contributed by atoms with E-state index in [1.807, 2.05) is 0 Å². The van der Waals surface area contributed by atoms with Crippen molar-refractivity contribution in [3.05, 3.63) is 29.6 Å². The second-order valence-corrected chi connectivity index (χ2v) is 3.12. The molecule has 1 aromatic rings. The molecule has 0 bridgehead atoms. The Bertz CT molecular complexity index is 427. The van der Waals surface area contributed by atoms with Crippen LogP contribution in [0.3, 0.4) is 0 Å². The number of carboxylic acids is 1. The van der Waals surface area contributed by atoms with Crippen LogP contribution >= 0.6 is 0 Å². The lowest BCUT2D eigenvalue weighted by Crippen LogP contribution is -2.20. The van der Waals surface area contributed by atoms with Crippen molar-refractivity contribution < 1.29 is 20.1 Å². The number of aliphatic hydroxyl groups is 2. The largest absolute Gasteiger partial charge is 0.477 e. The number of aromatic nitrogens is 1. The van der Waals surface area contributed by atoms with E-state index >= 15 is 0 Å². The van der Waals surface area contributed by atoms with Crippen LogP contribution < -0.4 is 0 Å². The van der Waals surface area contributed by atoms with Crippen LogP contribution in [0.2, 0.25) is 0 Å². The number of rotatable bonds is 4. The Morgan fingerprint density at radius 2 is 2.25 bits per heavy atom. The molecule has 3 N–H and O–H groups in total. The molecule has 0 saturated heterocycles. The Labute approximate surface area is 91.4 Å². The second kappa shape index (κ2) is 5.21. The fraction of sp³-hybridized carbons (Fsp3) is 0.300. The van der Waals surface area contributed by atoms with E-state index in [-0.39, 0.29) is 17.7 Å². The average Bonchev–Trinajstić information content (AvgIpc) is 2.28. The molecule has 0 spiro atoms. The Morgan fingerprint density at radius 1 is 1.56 bits per heavy atom. The molecule has 2 atom stereocenters. The molecule has 1 rings (SSSR count). The summed E-state index contributed by atoms with van der Waals surface area (Å²) in [5.74, 6) is -1.29. The lowest BCUT2D eigenvalue weighted by Gasteiger charge is -2.16. The maximum Gasteiger partial charge on any atom is 0.354 e. The number of hydrogen-bond acceptors (Lipinski definition) is 5. The number of aromatic carboxylic acids is 1. The van der Waals surface area contributed by atoms with E-state index < -0.39 is 18.2 Å². The molecular formula is C10H10N2O4. The first-order valence-electron chi connectivity index (χ1n) is 4.49. The topological polar surface area (TPSA) is 114 Å². The summed E-state index contributed by atoms with van der Waals surface area (Å²) in [4.78, 5) is 14.4. The van der Waals surface area contributed by atoms with Crippen molar-refractivity contribution in [3.63, 3.8) is 0 Å². The van der Waals surface area contributed by atoms with Gasteiger partial charge in [0.25, 0.3) is 0 Å².